The third-order valence-corrected chi connectivity index (χ3v) is 2.83. The molecule has 0 bridgehead atoms. The van der Waals surface area contributed by atoms with Gasteiger partial charge in [-0.05, 0) is 37.5 Å². The summed E-state index contributed by atoms with van der Waals surface area (Å²) >= 11 is 0. The molecule has 0 atom stereocenters. The number of hydrogen-bond donors (Lipinski definition) is 1. The Morgan fingerprint density at radius 3 is 2.71 bits per heavy atom. The summed E-state index contributed by atoms with van der Waals surface area (Å²) in [5, 5.41) is 3.21. The van der Waals surface area contributed by atoms with E-state index in [0.29, 0.717) is 5.92 Å². The van der Waals surface area contributed by atoms with Gasteiger partial charge < -0.3 is 5.32 Å². The fraction of sp³-hybridized carbons (Fsp3) is 0.357. The lowest BCUT2D eigenvalue weighted by Crippen LogP contribution is -2.18. The van der Waals surface area contributed by atoms with E-state index in [0.717, 1.165) is 17.2 Å². The molecule has 0 aliphatic heterocycles. The van der Waals surface area contributed by atoms with Gasteiger partial charge in [0.05, 0.1) is 0 Å². The highest BCUT2D eigenvalue weighted by atomic mass is 15.0. The number of aryl methyl sites for hydroxylation is 1. The maximum Gasteiger partial charge on any atom is 0.142 e. The molecular weight excluding hydrogens is 207 g/mol. The van der Waals surface area contributed by atoms with Gasteiger partial charge in [-0.15, -0.1) is 0 Å². The van der Waals surface area contributed by atoms with Crippen LogP contribution < -0.4 is 10.8 Å². The zero-order chi connectivity index (χ0) is 13.0. The van der Waals surface area contributed by atoms with Gasteiger partial charge in [-0.3, -0.25) is 0 Å². The van der Waals surface area contributed by atoms with Crippen LogP contribution in [0.3, 0.4) is 0 Å². The molecule has 0 fully saturated rings. The van der Waals surface area contributed by atoms with Crippen LogP contribution in [0, 0.1) is 6.92 Å². The average Bonchev–Trinajstić information content (AvgIpc) is 2.23. The molecule has 0 radical (unpaired) electrons. The highest BCUT2D eigenvalue weighted by Crippen LogP contribution is 2.17. The van der Waals surface area contributed by atoms with Crippen molar-refractivity contribution in [2.45, 2.75) is 33.6 Å². The highest BCUT2D eigenvalue weighted by Gasteiger charge is 2.08. The van der Waals surface area contributed by atoms with Crippen molar-refractivity contribution in [1.29, 1.82) is 0 Å². The lowest BCUT2D eigenvalue weighted by atomic mass is 9.84. The van der Waals surface area contributed by atoms with Crippen LogP contribution in [-0.4, -0.2) is 12.8 Å². The Morgan fingerprint density at radius 1 is 1.53 bits per heavy atom. The summed E-state index contributed by atoms with van der Waals surface area (Å²) in [6.07, 6.45) is 3.89. The first-order chi connectivity index (χ1) is 7.95. The Morgan fingerprint density at radius 2 is 2.18 bits per heavy atom. The van der Waals surface area contributed by atoms with Crippen LogP contribution in [0.2, 0.25) is 0 Å². The van der Waals surface area contributed by atoms with Crippen molar-refractivity contribution < 1.29 is 0 Å². The summed E-state index contributed by atoms with van der Waals surface area (Å²) in [7, 11) is 2.13. The zero-order valence-electron chi connectivity index (χ0n) is 11.5. The van der Waals surface area contributed by atoms with E-state index in [1.807, 2.05) is 26.0 Å². The molecule has 1 aromatic rings. The van der Waals surface area contributed by atoms with E-state index in [1.165, 1.54) is 11.0 Å². The standard InChI is InChI=1S/C14H21BN2/c1-6-7-10(4)16-13-8-12(9(2)3)14(15)11(5)17-13/h6-9H,4,15H2,1-3,5H3,(H,16,17)/b7-6-. The van der Waals surface area contributed by atoms with E-state index < -0.39 is 0 Å². The number of pyridine rings is 1. The summed E-state index contributed by atoms with van der Waals surface area (Å²) in [4.78, 5) is 4.53. The Kier molecular flexibility index (Phi) is 4.56. The van der Waals surface area contributed by atoms with Crippen molar-refractivity contribution in [3.05, 3.63) is 41.8 Å². The first-order valence-corrected chi connectivity index (χ1v) is 6.02. The van der Waals surface area contributed by atoms with Gasteiger partial charge >= 0.3 is 0 Å². The highest BCUT2D eigenvalue weighted by molar-refractivity contribution is 6.34. The van der Waals surface area contributed by atoms with Crippen LogP contribution in [0.25, 0.3) is 0 Å². The van der Waals surface area contributed by atoms with Crippen molar-refractivity contribution in [2.24, 2.45) is 0 Å². The molecule has 3 heteroatoms. The Hall–Kier alpha value is -1.51. The number of aromatic nitrogens is 1. The third-order valence-electron chi connectivity index (χ3n) is 2.83. The first-order valence-electron chi connectivity index (χ1n) is 6.02. The van der Waals surface area contributed by atoms with Crippen LogP contribution in [-0.2, 0) is 0 Å². The molecule has 1 aromatic heterocycles. The second-order valence-electron chi connectivity index (χ2n) is 4.61. The third kappa shape index (κ3) is 3.48. The smallest absolute Gasteiger partial charge is 0.142 e. The lowest BCUT2D eigenvalue weighted by molar-refractivity contribution is 0.868. The summed E-state index contributed by atoms with van der Waals surface area (Å²) in [6.45, 7) is 12.3. The number of rotatable bonds is 4. The van der Waals surface area contributed by atoms with Gasteiger partial charge in [0.2, 0.25) is 0 Å². The molecule has 0 amide bonds. The van der Waals surface area contributed by atoms with Gasteiger partial charge in [-0.2, -0.15) is 0 Å². The largest absolute Gasteiger partial charge is 0.341 e. The molecule has 0 unspecified atom stereocenters. The second-order valence-corrected chi connectivity index (χ2v) is 4.61. The number of allylic oxidation sites excluding steroid dienone is 2. The summed E-state index contributed by atoms with van der Waals surface area (Å²) < 4.78 is 0. The van der Waals surface area contributed by atoms with Gasteiger partial charge in [0.25, 0.3) is 0 Å². The molecule has 0 aliphatic carbocycles. The van der Waals surface area contributed by atoms with Crippen LogP contribution in [0.4, 0.5) is 5.82 Å². The minimum atomic E-state index is 0.507. The van der Waals surface area contributed by atoms with Crippen molar-refractivity contribution in [2.75, 3.05) is 5.32 Å². The molecule has 0 aliphatic rings. The molecular formula is C14H21BN2. The molecule has 0 aromatic carbocycles. The molecule has 0 spiro atoms. The van der Waals surface area contributed by atoms with Crippen molar-refractivity contribution in [1.82, 2.24) is 4.98 Å². The van der Waals surface area contributed by atoms with Gasteiger partial charge in [0, 0.05) is 11.4 Å². The fourth-order valence-electron chi connectivity index (χ4n) is 1.83. The Balaban J connectivity index is 3.06. The first kappa shape index (κ1) is 13.6. The van der Waals surface area contributed by atoms with E-state index >= 15 is 0 Å². The second kappa shape index (κ2) is 5.71. The summed E-state index contributed by atoms with van der Waals surface area (Å²) in [6, 6.07) is 2.11. The number of hydrogen-bond acceptors (Lipinski definition) is 2. The van der Waals surface area contributed by atoms with Gasteiger partial charge in [-0.25, -0.2) is 4.98 Å². The monoisotopic (exact) mass is 228 g/mol. The molecule has 1 N–H and O–H groups in total. The Labute approximate surface area is 105 Å². The predicted molar refractivity (Wildman–Crippen MR) is 78.8 cm³/mol. The molecule has 2 nitrogen and oxygen atoms in total. The van der Waals surface area contributed by atoms with Crippen molar-refractivity contribution >= 4 is 19.1 Å². The number of nitrogens with zero attached hydrogens (tertiary/aromatic N) is 1. The zero-order valence-corrected chi connectivity index (χ0v) is 11.5. The van der Waals surface area contributed by atoms with E-state index in [4.69, 9.17) is 0 Å². The van der Waals surface area contributed by atoms with Gasteiger partial charge in [0.1, 0.15) is 13.7 Å². The molecule has 90 valence electrons. The normalized spacial score (nSPS) is 11.1. The fourth-order valence-corrected chi connectivity index (χ4v) is 1.83. The van der Waals surface area contributed by atoms with E-state index in [-0.39, 0.29) is 0 Å². The molecule has 1 rings (SSSR count). The number of nitrogens with one attached hydrogen (secondary N) is 1. The molecule has 0 saturated heterocycles. The van der Waals surface area contributed by atoms with Gasteiger partial charge in [-0.1, -0.05) is 32.0 Å². The molecule has 17 heavy (non-hydrogen) atoms. The predicted octanol–water partition coefficient (Wildman–Crippen LogP) is 2.27. The van der Waals surface area contributed by atoms with Crippen LogP contribution in [0.1, 0.15) is 37.9 Å². The van der Waals surface area contributed by atoms with Crippen molar-refractivity contribution in [3.63, 3.8) is 0 Å². The van der Waals surface area contributed by atoms with E-state index in [1.54, 1.807) is 0 Å². The SMILES string of the molecule is Bc1c(C(C)C)cc(NC(=C)/C=C\C)nc1C. The summed E-state index contributed by atoms with van der Waals surface area (Å²) in [5.74, 6) is 1.38. The van der Waals surface area contributed by atoms with E-state index in [9.17, 15) is 0 Å². The number of anilines is 1. The molecule has 0 saturated carbocycles. The summed E-state index contributed by atoms with van der Waals surface area (Å²) in [5.41, 5.74) is 4.56. The van der Waals surface area contributed by atoms with Crippen LogP contribution in [0.5, 0.6) is 0 Å². The quantitative estimate of drug-likeness (QED) is 0.631. The van der Waals surface area contributed by atoms with E-state index in [2.05, 4.69) is 44.6 Å². The topological polar surface area (TPSA) is 24.9 Å². The van der Waals surface area contributed by atoms with Gasteiger partial charge in [0.15, 0.2) is 0 Å². The Bertz CT molecular complexity index is 448. The maximum absolute atomic E-state index is 4.53. The molecule has 1 heterocycles. The lowest BCUT2D eigenvalue weighted by Gasteiger charge is -2.15. The average molecular weight is 228 g/mol. The minimum absolute atomic E-state index is 0.507. The maximum atomic E-state index is 4.53. The van der Waals surface area contributed by atoms with Crippen LogP contribution >= 0.6 is 0 Å². The van der Waals surface area contributed by atoms with Crippen LogP contribution in [0.15, 0.2) is 30.5 Å². The van der Waals surface area contributed by atoms with Crippen molar-refractivity contribution in [3.8, 4) is 0 Å². The minimum Gasteiger partial charge on any atom is -0.341 e.